The molecule has 0 aliphatic rings. The zero-order valence-electron chi connectivity index (χ0n) is 10.1. The van der Waals surface area contributed by atoms with E-state index >= 15 is 0 Å². The summed E-state index contributed by atoms with van der Waals surface area (Å²) in [5.74, 6) is -0.506. The van der Waals surface area contributed by atoms with Crippen LogP contribution in [-0.2, 0) is 6.61 Å². The van der Waals surface area contributed by atoms with Crippen molar-refractivity contribution in [3.63, 3.8) is 0 Å². The fraction of sp³-hybridized carbons (Fsp3) is 0.0714. The molecule has 0 atom stereocenters. The van der Waals surface area contributed by atoms with E-state index in [9.17, 15) is 9.18 Å². The van der Waals surface area contributed by atoms with Crippen LogP contribution in [0, 0.1) is 5.82 Å². The van der Waals surface area contributed by atoms with Crippen molar-refractivity contribution in [1.82, 2.24) is 0 Å². The third-order valence-corrected chi connectivity index (χ3v) is 2.56. The molecule has 2 rings (SSSR count). The first kappa shape index (κ1) is 13.0. The highest BCUT2D eigenvalue weighted by Crippen LogP contribution is 2.16. The van der Waals surface area contributed by atoms with Crippen molar-refractivity contribution in [1.29, 1.82) is 0 Å². The first-order valence-corrected chi connectivity index (χ1v) is 5.72. The number of carbonyl (C=O) groups is 1. The lowest BCUT2D eigenvalue weighted by molar-refractivity contribution is 0.261. The number of amides is 2. The molecule has 0 aliphatic carbocycles. The zero-order chi connectivity index (χ0) is 13.7. The van der Waals surface area contributed by atoms with Crippen LogP contribution in [0.3, 0.4) is 0 Å². The van der Waals surface area contributed by atoms with Crippen molar-refractivity contribution in [2.45, 2.75) is 6.61 Å². The lowest BCUT2D eigenvalue weighted by Gasteiger charge is -2.10. The summed E-state index contributed by atoms with van der Waals surface area (Å²) in [4.78, 5) is 11.7. The largest absolute Gasteiger partial charge is 0.392 e. The van der Waals surface area contributed by atoms with Gasteiger partial charge in [0.25, 0.3) is 0 Å². The third-order valence-electron chi connectivity index (χ3n) is 2.56. The number of benzene rings is 2. The minimum Gasteiger partial charge on any atom is -0.392 e. The van der Waals surface area contributed by atoms with Crippen molar-refractivity contribution in [3.05, 3.63) is 59.9 Å². The number of aliphatic hydroxyl groups is 1. The van der Waals surface area contributed by atoms with Gasteiger partial charge in [0.2, 0.25) is 0 Å². The molecule has 5 heteroatoms. The second-order valence-electron chi connectivity index (χ2n) is 3.87. The molecule has 0 aliphatic heterocycles. The normalized spacial score (nSPS) is 10.0. The zero-order valence-corrected chi connectivity index (χ0v) is 10.1. The fourth-order valence-electron chi connectivity index (χ4n) is 1.62. The summed E-state index contributed by atoms with van der Waals surface area (Å²) in [6.07, 6.45) is 0. The maximum absolute atomic E-state index is 13.4. The van der Waals surface area contributed by atoms with Crippen LogP contribution in [0.25, 0.3) is 0 Å². The molecule has 0 saturated heterocycles. The van der Waals surface area contributed by atoms with Crippen molar-refractivity contribution in [2.24, 2.45) is 0 Å². The number of hydrogen-bond acceptors (Lipinski definition) is 2. The van der Waals surface area contributed by atoms with Gasteiger partial charge in [-0.3, -0.25) is 0 Å². The summed E-state index contributed by atoms with van der Waals surface area (Å²) in [6, 6.07) is 12.2. The number of rotatable bonds is 3. The summed E-state index contributed by atoms with van der Waals surface area (Å²) >= 11 is 0. The van der Waals surface area contributed by atoms with E-state index in [0.717, 1.165) is 0 Å². The first-order valence-electron chi connectivity index (χ1n) is 5.72. The van der Waals surface area contributed by atoms with Crippen LogP contribution >= 0.6 is 0 Å². The van der Waals surface area contributed by atoms with E-state index in [1.807, 2.05) is 0 Å². The quantitative estimate of drug-likeness (QED) is 0.794. The molecule has 3 N–H and O–H groups in total. The number of halogens is 1. The molecule has 0 aromatic heterocycles. The molecular formula is C14H13FN2O2. The summed E-state index contributed by atoms with van der Waals surface area (Å²) in [5.41, 5.74) is 1.17. The molecule has 0 fully saturated rings. The molecule has 0 heterocycles. The molecule has 0 bridgehead atoms. The van der Waals surface area contributed by atoms with E-state index in [4.69, 9.17) is 5.11 Å². The first-order chi connectivity index (χ1) is 9.20. The Morgan fingerprint density at radius 3 is 2.26 bits per heavy atom. The maximum atomic E-state index is 13.4. The summed E-state index contributed by atoms with van der Waals surface area (Å²) in [5, 5.41) is 14.1. The molecule has 0 saturated carbocycles. The number of anilines is 2. The molecule has 19 heavy (non-hydrogen) atoms. The molecule has 0 spiro atoms. The number of urea groups is 1. The molecule has 4 nitrogen and oxygen atoms in total. The Morgan fingerprint density at radius 2 is 1.58 bits per heavy atom. The summed E-state index contributed by atoms with van der Waals surface area (Å²) in [6.45, 7) is -0.184. The molecule has 98 valence electrons. The van der Waals surface area contributed by atoms with E-state index in [0.29, 0.717) is 11.3 Å². The van der Waals surface area contributed by atoms with Gasteiger partial charge in [0, 0.05) is 11.3 Å². The fourth-order valence-corrected chi connectivity index (χ4v) is 1.62. The Kier molecular flexibility index (Phi) is 4.10. The van der Waals surface area contributed by atoms with E-state index in [1.165, 1.54) is 12.1 Å². The van der Waals surface area contributed by atoms with Gasteiger partial charge in [-0.05, 0) is 18.2 Å². The van der Waals surface area contributed by atoms with Gasteiger partial charge in [-0.25, -0.2) is 9.18 Å². The molecule has 0 radical (unpaired) electrons. The molecule has 2 amide bonds. The Balaban J connectivity index is 2.08. The number of hydrogen-bond donors (Lipinski definition) is 3. The van der Waals surface area contributed by atoms with Gasteiger partial charge >= 0.3 is 6.03 Å². The standard InChI is InChI=1S/C14H13FN2O2/c15-11-6-2-4-8-13(11)17-14(19)16-12-7-3-1-5-10(12)9-18/h1-8,18H,9H2,(H2,16,17,19). The lowest BCUT2D eigenvalue weighted by atomic mass is 10.2. The predicted octanol–water partition coefficient (Wildman–Crippen LogP) is 2.96. The number of carbonyl (C=O) groups excluding carboxylic acids is 1. The predicted molar refractivity (Wildman–Crippen MR) is 71.4 cm³/mol. The van der Waals surface area contributed by atoms with E-state index < -0.39 is 11.8 Å². The lowest BCUT2D eigenvalue weighted by Crippen LogP contribution is -2.20. The molecule has 2 aromatic carbocycles. The Labute approximate surface area is 109 Å². The van der Waals surface area contributed by atoms with Crippen LogP contribution in [0.2, 0.25) is 0 Å². The minimum atomic E-state index is -0.564. The average Bonchev–Trinajstić information content (AvgIpc) is 2.42. The number of para-hydroxylation sites is 2. The SMILES string of the molecule is O=C(Nc1ccccc1F)Nc1ccccc1CO. The number of aliphatic hydroxyl groups excluding tert-OH is 1. The smallest absolute Gasteiger partial charge is 0.323 e. The van der Waals surface area contributed by atoms with Gasteiger partial charge in [0.1, 0.15) is 5.82 Å². The molecule has 2 aromatic rings. The highest BCUT2D eigenvalue weighted by Gasteiger charge is 2.08. The van der Waals surface area contributed by atoms with Gasteiger partial charge in [-0.2, -0.15) is 0 Å². The van der Waals surface area contributed by atoms with Gasteiger partial charge < -0.3 is 15.7 Å². The van der Waals surface area contributed by atoms with Crippen molar-refractivity contribution in [3.8, 4) is 0 Å². The van der Waals surface area contributed by atoms with E-state index in [2.05, 4.69) is 10.6 Å². The second kappa shape index (κ2) is 5.97. The third kappa shape index (κ3) is 3.29. The second-order valence-corrected chi connectivity index (χ2v) is 3.87. The summed E-state index contributed by atoms with van der Waals surface area (Å²) < 4.78 is 13.4. The van der Waals surface area contributed by atoms with Crippen LogP contribution in [0.1, 0.15) is 5.56 Å². The van der Waals surface area contributed by atoms with Gasteiger partial charge in [-0.15, -0.1) is 0 Å². The number of nitrogens with one attached hydrogen (secondary N) is 2. The maximum Gasteiger partial charge on any atom is 0.323 e. The van der Waals surface area contributed by atoms with Crippen molar-refractivity contribution in [2.75, 3.05) is 10.6 Å². The topological polar surface area (TPSA) is 61.4 Å². The highest BCUT2D eigenvalue weighted by molar-refractivity contribution is 6.00. The van der Waals surface area contributed by atoms with Crippen LogP contribution in [0.5, 0.6) is 0 Å². The van der Waals surface area contributed by atoms with Gasteiger partial charge in [0.15, 0.2) is 0 Å². The van der Waals surface area contributed by atoms with Gasteiger partial charge in [0.05, 0.1) is 12.3 Å². The summed E-state index contributed by atoms with van der Waals surface area (Å²) in [7, 11) is 0. The average molecular weight is 260 g/mol. The Hall–Kier alpha value is -2.40. The Morgan fingerprint density at radius 1 is 1.00 bits per heavy atom. The van der Waals surface area contributed by atoms with Crippen LogP contribution in [0.15, 0.2) is 48.5 Å². The van der Waals surface area contributed by atoms with Crippen LogP contribution in [-0.4, -0.2) is 11.1 Å². The van der Waals surface area contributed by atoms with E-state index in [-0.39, 0.29) is 12.3 Å². The van der Waals surface area contributed by atoms with Crippen molar-refractivity contribution < 1.29 is 14.3 Å². The van der Waals surface area contributed by atoms with Crippen molar-refractivity contribution >= 4 is 17.4 Å². The minimum absolute atomic E-state index is 0.0986. The molecular weight excluding hydrogens is 247 g/mol. The van der Waals surface area contributed by atoms with Gasteiger partial charge in [-0.1, -0.05) is 30.3 Å². The Bertz CT molecular complexity index is 587. The highest BCUT2D eigenvalue weighted by atomic mass is 19.1. The van der Waals surface area contributed by atoms with Crippen LogP contribution < -0.4 is 10.6 Å². The molecule has 0 unspecified atom stereocenters. The van der Waals surface area contributed by atoms with E-state index in [1.54, 1.807) is 36.4 Å². The van der Waals surface area contributed by atoms with Crippen LogP contribution in [0.4, 0.5) is 20.6 Å². The monoisotopic (exact) mass is 260 g/mol.